The molecule has 3 N–H and O–H groups in total. The van der Waals surface area contributed by atoms with Crippen LogP contribution >= 0.6 is 15.9 Å². The van der Waals surface area contributed by atoms with Crippen LogP contribution in [0.4, 0.5) is 5.69 Å². The number of hydrogen-bond acceptors (Lipinski definition) is 4. The second-order valence-corrected chi connectivity index (χ2v) is 6.75. The Labute approximate surface area is 128 Å². The summed E-state index contributed by atoms with van der Waals surface area (Å²) in [7, 11) is 0. The average molecular weight is 343 g/mol. The van der Waals surface area contributed by atoms with Gasteiger partial charge in [-0.1, -0.05) is 26.7 Å². The summed E-state index contributed by atoms with van der Waals surface area (Å²) >= 11 is 3.39. The van der Waals surface area contributed by atoms with Crippen molar-refractivity contribution in [1.29, 1.82) is 0 Å². The van der Waals surface area contributed by atoms with Crippen molar-refractivity contribution < 1.29 is 0 Å². The Kier molecular flexibility index (Phi) is 5.21. The number of nitrogens with zero attached hydrogens (tertiary/aromatic N) is 2. The molecule has 5 nitrogen and oxygen atoms in total. The molecule has 1 saturated carbocycles. The van der Waals surface area contributed by atoms with Crippen molar-refractivity contribution in [3.8, 4) is 0 Å². The summed E-state index contributed by atoms with van der Waals surface area (Å²) in [5.74, 6) is 0.387. The maximum atomic E-state index is 12.2. The van der Waals surface area contributed by atoms with Crippen molar-refractivity contribution in [3.63, 3.8) is 0 Å². The molecular formula is C14H23BrN4O. The van der Waals surface area contributed by atoms with E-state index in [1.807, 2.05) is 0 Å². The fraction of sp³-hybridized carbons (Fsp3) is 0.714. The molecule has 1 fully saturated rings. The van der Waals surface area contributed by atoms with Gasteiger partial charge in [-0.15, -0.1) is 0 Å². The fourth-order valence-corrected chi connectivity index (χ4v) is 3.00. The molecule has 1 aliphatic rings. The van der Waals surface area contributed by atoms with E-state index in [1.54, 1.807) is 6.20 Å². The Morgan fingerprint density at radius 3 is 2.85 bits per heavy atom. The van der Waals surface area contributed by atoms with Crippen LogP contribution in [0.15, 0.2) is 15.5 Å². The van der Waals surface area contributed by atoms with E-state index in [0.29, 0.717) is 16.9 Å². The summed E-state index contributed by atoms with van der Waals surface area (Å²) in [4.78, 5) is 12.2. The summed E-state index contributed by atoms with van der Waals surface area (Å²) in [6.07, 6.45) is 6.17. The quantitative estimate of drug-likeness (QED) is 0.880. The van der Waals surface area contributed by atoms with Crippen LogP contribution in [0.1, 0.15) is 39.5 Å². The molecule has 0 radical (unpaired) electrons. The Hall–Kier alpha value is -0.880. The lowest BCUT2D eigenvalue weighted by molar-refractivity contribution is 0.403. The molecule has 0 saturated heterocycles. The molecule has 0 spiro atoms. The molecule has 6 heteroatoms. The van der Waals surface area contributed by atoms with Crippen LogP contribution in [0.25, 0.3) is 0 Å². The number of anilines is 1. The molecule has 2 rings (SSSR count). The molecule has 1 heterocycles. The number of rotatable bonds is 4. The SMILES string of the molecule is CC(C)Cn1ncc(NC2CCCCC2N)c(Br)c1=O. The molecule has 20 heavy (non-hydrogen) atoms. The monoisotopic (exact) mass is 342 g/mol. The Bertz CT molecular complexity index is 514. The van der Waals surface area contributed by atoms with E-state index < -0.39 is 0 Å². The molecular weight excluding hydrogens is 320 g/mol. The molecule has 1 aromatic rings. The highest BCUT2D eigenvalue weighted by Crippen LogP contribution is 2.23. The minimum Gasteiger partial charge on any atom is -0.378 e. The summed E-state index contributed by atoms with van der Waals surface area (Å²) < 4.78 is 2.05. The molecule has 112 valence electrons. The van der Waals surface area contributed by atoms with Crippen LogP contribution in [0.2, 0.25) is 0 Å². The lowest BCUT2D eigenvalue weighted by Crippen LogP contribution is -2.43. The van der Waals surface area contributed by atoms with Crippen LogP contribution in [0.3, 0.4) is 0 Å². The molecule has 1 aliphatic carbocycles. The van der Waals surface area contributed by atoms with E-state index in [2.05, 4.69) is 40.2 Å². The van der Waals surface area contributed by atoms with Crippen LogP contribution in [-0.4, -0.2) is 21.9 Å². The van der Waals surface area contributed by atoms with Crippen molar-refractivity contribution in [3.05, 3.63) is 21.0 Å². The molecule has 1 aromatic heterocycles. The van der Waals surface area contributed by atoms with Crippen molar-refractivity contribution in [1.82, 2.24) is 9.78 Å². The highest BCUT2D eigenvalue weighted by Gasteiger charge is 2.23. The zero-order chi connectivity index (χ0) is 14.7. The van der Waals surface area contributed by atoms with E-state index in [-0.39, 0.29) is 17.6 Å². The maximum Gasteiger partial charge on any atom is 0.283 e. The normalized spacial score (nSPS) is 23.1. The van der Waals surface area contributed by atoms with Gasteiger partial charge in [0, 0.05) is 18.6 Å². The van der Waals surface area contributed by atoms with Crippen LogP contribution in [-0.2, 0) is 6.54 Å². The van der Waals surface area contributed by atoms with Gasteiger partial charge in [0.05, 0.1) is 11.9 Å². The first-order chi connectivity index (χ1) is 9.49. The Morgan fingerprint density at radius 1 is 1.50 bits per heavy atom. The van der Waals surface area contributed by atoms with Gasteiger partial charge >= 0.3 is 0 Å². The highest BCUT2D eigenvalue weighted by atomic mass is 79.9. The van der Waals surface area contributed by atoms with Crippen LogP contribution in [0, 0.1) is 5.92 Å². The first-order valence-electron chi connectivity index (χ1n) is 7.26. The van der Waals surface area contributed by atoms with Gasteiger partial charge in [0.2, 0.25) is 0 Å². The highest BCUT2D eigenvalue weighted by molar-refractivity contribution is 9.10. The fourth-order valence-electron chi connectivity index (χ4n) is 2.58. The number of nitrogens with two attached hydrogens (primary N) is 1. The third-order valence-electron chi connectivity index (χ3n) is 3.68. The van der Waals surface area contributed by atoms with Crippen LogP contribution in [0.5, 0.6) is 0 Å². The molecule has 0 bridgehead atoms. The minimum absolute atomic E-state index is 0.0897. The van der Waals surface area contributed by atoms with E-state index in [1.165, 1.54) is 17.5 Å². The largest absolute Gasteiger partial charge is 0.378 e. The zero-order valence-corrected chi connectivity index (χ0v) is 13.7. The molecule has 0 aliphatic heterocycles. The minimum atomic E-state index is -0.0897. The van der Waals surface area contributed by atoms with Gasteiger partial charge in [-0.3, -0.25) is 4.79 Å². The number of aromatic nitrogens is 2. The number of hydrogen-bond donors (Lipinski definition) is 2. The summed E-state index contributed by atoms with van der Waals surface area (Å²) in [5.41, 5.74) is 6.79. The van der Waals surface area contributed by atoms with Crippen molar-refractivity contribution in [2.45, 2.75) is 58.2 Å². The maximum absolute atomic E-state index is 12.2. The second kappa shape index (κ2) is 6.72. The van der Waals surface area contributed by atoms with Crippen molar-refractivity contribution in [2.24, 2.45) is 11.7 Å². The predicted octanol–water partition coefficient (Wildman–Crippen LogP) is 2.34. The van der Waals surface area contributed by atoms with Gasteiger partial charge < -0.3 is 11.1 Å². The third kappa shape index (κ3) is 3.61. The summed E-state index contributed by atoms with van der Waals surface area (Å²) in [5, 5.41) is 7.61. The zero-order valence-electron chi connectivity index (χ0n) is 12.1. The van der Waals surface area contributed by atoms with Gasteiger partial charge in [0.15, 0.2) is 0 Å². The lowest BCUT2D eigenvalue weighted by Gasteiger charge is -2.30. The van der Waals surface area contributed by atoms with E-state index >= 15 is 0 Å². The van der Waals surface area contributed by atoms with Crippen molar-refractivity contribution in [2.75, 3.05) is 5.32 Å². The number of halogens is 1. The van der Waals surface area contributed by atoms with E-state index in [0.717, 1.165) is 18.5 Å². The molecule has 2 atom stereocenters. The van der Waals surface area contributed by atoms with Gasteiger partial charge in [-0.2, -0.15) is 5.10 Å². The average Bonchev–Trinajstić information content (AvgIpc) is 2.40. The van der Waals surface area contributed by atoms with E-state index in [9.17, 15) is 4.79 Å². The van der Waals surface area contributed by atoms with E-state index in [4.69, 9.17) is 5.73 Å². The molecule has 2 unspecified atom stereocenters. The van der Waals surface area contributed by atoms with Gasteiger partial charge in [-0.05, 0) is 34.7 Å². The Balaban J connectivity index is 2.16. The van der Waals surface area contributed by atoms with Gasteiger partial charge in [0.25, 0.3) is 5.56 Å². The Morgan fingerprint density at radius 2 is 2.20 bits per heavy atom. The lowest BCUT2D eigenvalue weighted by atomic mass is 9.91. The first kappa shape index (κ1) is 15.5. The first-order valence-corrected chi connectivity index (χ1v) is 8.06. The topological polar surface area (TPSA) is 72.9 Å². The predicted molar refractivity (Wildman–Crippen MR) is 84.9 cm³/mol. The van der Waals surface area contributed by atoms with Gasteiger partial charge in [-0.25, -0.2) is 4.68 Å². The number of nitrogens with one attached hydrogen (secondary N) is 1. The molecule has 0 aromatic carbocycles. The summed E-state index contributed by atoms with van der Waals surface area (Å²) in [6, 6.07) is 0.371. The summed E-state index contributed by atoms with van der Waals surface area (Å²) in [6.45, 7) is 4.76. The van der Waals surface area contributed by atoms with Crippen molar-refractivity contribution >= 4 is 21.6 Å². The standard InChI is InChI=1S/C14H23BrN4O/c1-9(2)8-19-14(20)13(15)12(7-17-19)18-11-6-4-3-5-10(11)16/h7,9-11,18H,3-6,8,16H2,1-2H3. The molecule has 0 amide bonds. The smallest absolute Gasteiger partial charge is 0.283 e. The van der Waals surface area contributed by atoms with Crippen LogP contribution < -0.4 is 16.6 Å². The third-order valence-corrected chi connectivity index (χ3v) is 4.45. The second-order valence-electron chi connectivity index (χ2n) is 5.95. The van der Waals surface area contributed by atoms with Gasteiger partial charge in [0.1, 0.15) is 4.47 Å².